The summed E-state index contributed by atoms with van der Waals surface area (Å²) in [6.07, 6.45) is 14.1. The van der Waals surface area contributed by atoms with E-state index in [2.05, 4.69) is 40.5 Å². The topological polar surface area (TPSA) is 116 Å². The number of rotatable bonds is 18. The normalized spacial score (nSPS) is 12.0. The molecule has 0 spiro atoms. The van der Waals surface area contributed by atoms with E-state index in [1.54, 1.807) is 54.6 Å². The van der Waals surface area contributed by atoms with Crippen LogP contribution in [0, 0.1) is 6.92 Å². The van der Waals surface area contributed by atoms with Gasteiger partial charge in [0.25, 0.3) is 0 Å². The zero-order chi connectivity index (χ0) is 46.1. The second-order valence-corrected chi connectivity index (χ2v) is 15.3. The Morgan fingerprint density at radius 2 is 1.17 bits per heavy atom. The van der Waals surface area contributed by atoms with Crippen LogP contribution in [0.4, 0.5) is 22.7 Å². The highest BCUT2D eigenvalue weighted by atomic mass is 16.1. The number of hydrogen-bond acceptors (Lipinski definition) is 8. The van der Waals surface area contributed by atoms with E-state index < -0.39 is 0 Å². The average Bonchev–Trinajstić information content (AvgIpc) is 3.35. The van der Waals surface area contributed by atoms with Gasteiger partial charge in [-0.1, -0.05) is 140 Å². The van der Waals surface area contributed by atoms with Crippen molar-refractivity contribution in [3.63, 3.8) is 0 Å². The van der Waals surface area contributed by atoms with Crippen LogP contribution in [0.1, 0.15) is 102 Å². The Morgan fingerprint density at radius 1 is 0.631 bits per heavy atom. The number of allylic oxidation sites excluding steroid dienone is 7. The fraction of sp³-hybridized carbons (Fsp3) is 0.123. The minimum absolute atomic E-state index is 0.132. The average molecular weight is 859 g/mol. The molecule has 0 aliphatic heterocycles. The molecule has 0 bridgehead atoms. The maximum Gasteiger partial charge on any atom is 0.196 e. The van der Waals surface area contributed by atoms with E-state index in [0.29, 0.717) is 69.1 Å². The van der Waals surface area contributed by atoms with Gasteiger partial charge in [-0.2, -0.15) is 0 Å². The number of carbonyl (C=O) groups excluding carboxylic acids is 4. The number of anilines is 4. The first kappa shape index (κ1) is 46.4. The van der Waals surface area contributed by atoms with Gasteiger partial charge in [0.15, 0.2) is 23.6 Å². The fourth-order valence-electron chi connectivity index (χ4n) is 7.37. The molecule has 8 nitrogen and oxygen atoms in total. The summed E-state index contributed by atoms with van der Waals surface area (Å²) in [5.74, 6) is -0.472. The Hall–Kier alpha value is -8.10. The van der Waals surface area contributed by atoms with Crippen molar-refractivity contribution in [1.82, 2.24) is 0 Å². The first-order valence-electron chi connectivity index (χ1n) is 21.6. The smallest absolute Gasteiger partial charge is 0.196 e. The Bertz CT molecular complexity index is 2800. The maximum atomic E-state index is 13.8. The molecule has 0 fully saturated rings. The Kier molecular flexibility index (Phi) is 16.3. The van der Waals surface area contributed by atoms with E-state index in [-0.39, 0.29) is 17.3 Å². The van der Waals surface area contributed by atoms with Crippen LogP contribution in [0.15, 0.2) is 194 Å². The van der Waals surface area contributed by atoms with Crippen molar-refractivity contribution in [1.29, 1.82) is 0 Å². The van der Waals surface area contributed by atoms with Crippen LogP contribution in [0.3, 0.4) is 0 Å². The Balaban J connectivity index is 0.000000220. The van der Waals surface area contributed by atoms with Gasteiger partial charge >= 0.3 is 0 Å². The molecule has 1 aliphatic rings. The van der Waals surface area contributed by atoms with Crippen molar-refractivity contribution >= 4 is 46.4 Å². The van der Waals surface area contributed by atoms with Gasteiger partial charge in [0, 0.05) is 63.8 Å². The van der Waals surface area contributed by atoms with E-state index >= 15 is 0 Å². The first-order valence-corrected chi connectivity index (χ1v) is 21.6. The maximum absolute atomic E-state index is 13.8. The van der Waals surface area contributed by atoms with Crippen LogP contribution < -0.4 is 21.3 Å². The molecule has 65 heavy (non-hydrogen) atoms. The van der Waals surface area contributed by atoms with Gasteiger partial charge < -0.3 is 21.3 Å². The SMILES string of the molecule is C/C=C(\C)Nc1ccc(NCc2ccccc2)c2c1C(=O)c1ccccc1C2=O.C=CCC/C=C/C=C(\C=C)Nc1ccc(NCc2ccccc2)c(C(=O)c2ccccc2C=O)c1C. The van der Waals surface area contributed by atoms with Crippen LogP contribution in [-0.2, 0) is 13.1 Å². The molecular formula is C57H54N4O4. The molecule has 0 unspecified atom stereocenters. The van der Waals surface area contributed by atoms with Crippen molar-refractivity contribution in [3.05, 3.63) is 250 Å². The van der Waals surface area contributed by atoms with E-state index in [1.807, 2.05) is 130 Å². The second-order valence-electron chi connectivity index (χ2n) is 15.3. The van der Waals surface area contributed by atoms with E-state index in [1.165, 1.54) is 0 Å². The van der Waals surface area contributed by atoms with Crippen LogP contribution in [-0.4, -0.2) is 23.6 Å². The number of fused-ring (bicyclic) bond motifs is 2. The Morgan fingerprint density at radius 3 is 1.77 bits per heavy atom. The van der Waals surface area contributed by atoms with Gasteiger partial charge in [-0.3, -0.25) is 19.2 Å². The largest absolute Gasteiger partial charge is 0.380 e. The summed E-state index contributed by atoms with van der Waals surface area (Å²) < 4.78 is 0. The van der Waals surface area contributed by atoms with Gasteiger partial charge in [0.05, 0.1) is 22.4 Å². The highest BCUT2D eigenvalue weighted by Crippen LogP contribution is 2.37. The third-order valence-corrected chi connectivity index (χ3v) is 11.0. The highest BCUT2D eigenvalue weighted by Gasteiger charge is 2.34. The van der Waals surface area contributed by atoms with Gasteiger partial charge in [0.1, 0.15) is 0 Å². The lowest BCUT2D eigenvalue weighted by atomic mass is 9.82. The molecule has 0 heterocycles. The standard InChI is InChI=1S/C32H32N2O2.C25H22N2O2/c1-4-6-7-8-12-18-27(5-2)34-29-20-21-30(33-22-25-15-10-9-11-16-25)31(24(29)3)32(36)28-19-14-13-17-26(28)23-35;1-3-16(2)27-21-14-13-20(26-15-17-9-5-4-6-10-17)22-23(21)25(29)19-12-8-7-11-18(19)24(22)28/h4-5,8-21,23,33-34H,1-2,6-7,22H2,3H3;3-14,26-27H,15H2,1-2H3/b12-8+,27-18+;16-3+. The summed E-state index contributed by atoms with van der Waals surface area (Å²) in [6.45, 7) is 14.5. The van der Waals surface area contributed by atoms with Gasteiger partial charge in [-0.05, 0) is 86.7 Å². The van der Waals surface area contributed by atoms with Gasteiger partial charge in [-0.25, -0.2) is 0 Å². The first-order chi connectivity index (χ1) is 31.7. The predicted octanol–water partition coefficient (Wildman–Crippen LogP) is 13.1. The van der Waals surface area contributed by atoms with E-state index in [4.69, 9.17) is 0 Å². The number of nitrogens with one attached hydrogen (secondary N) is 4. The summed E-state index contributed by atoms with van der Waals surface area (Å²) in [5.41, 5.74) is 10.5. The van der Waals surface area contributed by atoms with Crippen molar-refractivity contribution in [2.24, 2.45) is 0 Å². The van der Waals surface area contributed by atoms with Crippen molar-refractivity contribution in [2.75, 3.05) is 21.3 Å². The molecule has 326 valence electrons. The highest BCUT2D eigenvalue weighted by molar-refractivity contribution is 6.32. The number of benzene rings is 6. The molecule has 0 aromatic heterocycles. The molecule has 0 amide bonds. The summed E-state index contributed by atoms with van der Waals surface area (Å²) in [4.78, 5) is 52.1. The molecular weight excluding hydrogens is 805 g/mol. The monoisotopic (exact) mass is 858 g/mol. The number of ketones is 3. The molecule has 0 saturated heterocycles. The van der Waals surface area contributed by atoms with Crippen LogP contribution >= 0.6 is 0 Å². The lowest BCUT2D eigenvalue weighted by Gasteiger charge is -2.24. The predicted molar refractivity (Wildman–Crippen MR) is 267 cm³/mol. The molecule has 0 radical (unpaired) electrons. The van der Waals surface area contributed by atoms with Gasteiger partial charge in [-0.15, -0.1) is 6.58 Å². The fourth-order valence-corrected chi connectivity index (χ4v) is 7.37. The number of unbranched alkanes of at least 4 members (excludes halogenated alkanes) is 1. The van der Waals surface area contributed by atoms with Crippen LogP contribution in [0.25, 0.3) is 0 Å². The quantitative estimate of drug-likeness (QED) is 0.0222. The third kappa shape index (κ3) is 11.5. The van der Waals surface area contributed by atoms with Crippen LogP contribution in [0.2, 0.25) is 0 Å². The zero-order valence-electron chi connectivity index (χ0n) is 37.1. The third-order valence-electron chi connectivity index (χ3n) is 11.0. The molecule has 4 N–H and O–H groups in total. The van der Waals surface area contributed by atoms with Crippen LogP contribution in [0.5, 0.6) is 0 Å². The van der Waals surface area contributed by atoms with Crippen molar-refractivity contribution in [2.45, 2.75) is 46.7 Å². The number of carbonyl (C=O) groups is 4. The molecule has 6 aromatic carbocycles. The van der Waals surface area contributed by atoms with E-state index in [0.717, 1.165) is 52.9 Å². The number of hydrogen-bond donors (Lipinski definition) is 4. The molecule has 7 rings (SSSR count). The summed E-state index contributed by atoms with van der Waals surface area (Å²) in [5, 5.41) is 13.4. The lowest BCUT2D eigenvalue weighted by Crippen LogP contribution is -2.24. The summed E-state index contributed by atoms with van der Waals surface area (Å²) >= 11 is 0. The van der Waals surface area contributed by atoms with E-state index in [9.17, 15) is 19.2 Å². The zero-order valence-corrected chi connectivity index (χ0v) is 37.1. The molecule has 1 aliphatic carbocycles. The van der Waals surface area contributed by atoms with Crippen molar-refractivity contribution < 1.29 is 19.2 Å². The summed E-state index contributed by atoms with van der Waals surface area (Å²) in [7, 11) is 0. The molecule has 0 saturated carbocycles. The minimum Gasteiger partial charge on any atom is -0.380 e. The molecule has 0 atom stereocenters. The summed E-state index contributed by atoms with van der Waals surface area (Å²) in [6, 6.07) is 41.4. The van der Waals surface area contributed by atoms with Crippen molar-refractivity contribution in [3.8, 4) is 0 Å². The Labute approximate surface area is 382 Å². The number of aldehydes is 1. The molecule has 6 aromatic rings. The minimum atomic E-state index is -0.206. The lowest BCUT2D eigenvalue weighted by molar-refractivity contribution is 0.0980. The molecule has 8 heteroatoms. The van der Waals surface area contributed by atoms with Gasteiger partial charge in [0.2, 0.25) is 0 Å². The second kappa shape index (κ2) is 22.8.